The number of rotatable bonds is 6. The molecule has 3 heteroatoms. The molecule has 0 spiro atoms. The summed E-state index contributed by atoms with van der Waals surface area (Å²) < 4.78 is 0. The molecule has 25 heavy (non-hydrogen) atoms. The Kier molecular flexibility index (Phi) is 7.08. The van der Waals surface area contributed by atoms with Gasteiger partial charge in [0.15, 0.2) is 0 Å². The molecule has 0 bridgehead atoms. The van der Waals surface area contributed by atoms with E-state index in [1.54, 1.807) is 0 Å². The number of hydroxylamine groups is 1. The van der Waals surface area contributed by atoms with Gasteiger partial charge in [0.1, 0.15) is 0 Å². The van der Waals surface area contributed by atoms with Crippen LogP contribution in [0.15, 0.2) is 71.5 Å². The number of benzene rings is 1. The van der Waals surface area contributed by atoms with Crippen molar-refractivity contribution in [2.45, 2.75) is 46.0 Å². The highest BCUT2D eigenvalue weighted by Gasteiger charge is 2.16. The zero-order valence-electron chi connectivity index (χ0n) is 15.5. The molecule has 0 fully saturated rings. The summed E-state index contributed by atoms with van der Waals surface area (Å²) in [5.41, 5.74) is 13.4. The molecular weight excluding hydrogens is 308 g/mol. The monoisotopic (exact) mass is 338 g/mol. The summed E-state index contributed by atoms with van der Waals surface area (Å²) in [6.45, 7) is 6.47. The zero-order chi connectivity index (χ0) is 18.2. The summed E-state index contributed by atoms with van der Waals surface area (Å²) in [4.78, 5) is 0. The SMILES string of the molecule is CC\C=C(NO)/C1=C\CC(C)\C=C/C(C(CC)c2cccc(N)c2)=C\1. The van der Waals surface area contributed by atoms with Gasteiger partial charge in [-0.3, -0.25) is 10.7 Å². The third-order valence-corrected chi connectivity index (χ3v) is 4.61. The van der Waals surface area contributed by atoms with E-state index in [0.29, 0.717) is 5.92 Å². The second-order valence-electron chi connectivity index (χ2n) is 6.64. The fraction of sp³-hybridized carbons (Fsp3) is 0.364. The molecule has 0 saturated carbocycles. The molecular formula is C22H30N2O. The zero-order valence-corrected chi connectivity index (χ0v) is 15.5. The molecule has 1 aliphatic rings. The van der Waals surface area contributed by atoms with Crippen molar-refractivity contribution >= 4 is 5.69 Å². The normalized spacial score (nSPS) is 25.0. The van der Waals surface area contributed by atoms with Crippen LogP contribution in [0.4, 0.5) is 5.69 Å². The molecule has 0 radical (unpaired) electrons. The number of nitrogens with two attached hydrogens (primary N) is 1. The highest BCUT2D eigenvalue weighted by Crippen LogP contribution is 2.33. The van der Waals surface area contributed by atoms with Crippen LogP contribution in [0.25, 0.3) is 0 Å². The molecule has 1 aromatic rings. The van der Waals surface area contributed by atoms with Crippen LogP contribution in [0.3, 0.4) is 0 Å². The van der Waals surface area contributed by atoms with Crippen molar-refractivity contribution in [2.75, 3.05) is 5.73 Å². The second kappa shape index (κ2) is 9.28. The molecule has 0 amide bonds. The van der Waals surface area contributed by atoms with E-state index in [1.807, 2.05) is 18.2 Å². The standard InChI is InChI=1S/C22H30N2O/c1-4-7-22(24-25)19-13-11-16(3)10-12-18(14-19)21(5-2)17-8-6-9-20(23)15-17/h6-10,12-16,21,24-25H,4-5,11,23H2,1-3H3/b12-10-,18-14+,19-13-,22-7+. The smallest absolute Gasteiger partial charge is 0.0631 e. The Morgan fingerprint density at radius 1 is 1.40 bits per heavy atom. The van der Waals surface area contributed by atoms with Crippen LogP contribution < -0.4 is 11.2 Å². The van der Waals surface area contributed by atoms with Gasteiger partial charge in [-0.05, 0) is 60.1 Å². The van der Waals surface area contributed by atoms with Crippen LogP contribution in [0.2, 0.25) is 0 Å². The van der Waals surface area contributed by atoms with Gasteiger partial charge < -0.3 is 5.73 Å². The Morgan fingerprint density at radius 2 is 2.20 bits per heavy atom. The van der Waals surface area contributed by atoms with Crippen molar-refractivity contribution in [1.29, 1.82) is 0 Å². The van der Waals surface area contributed by atoms with Gasteiger partial charge in [-0.15, -0.1) is 0 Å². The number of hydrogen-bond acceptors (Lipinski definition) is 3. The largest absolute Gasteiger partial charge is 0.399 e. The molecule has 3 nitrogen and oxygen atoms in total. The lowest BCUT2D eigenvalue weighted by Gasteiger charge is -2.21. The summed E-state index contributed by atoms with van der Waals surface area (Å²) >= 11 is 0. The third-order valence-electron chi connectivity index (χ3n) is 4.61. The molecule has 1 aliphatic carbocycles. The maximum atomic E-state index is 9.55. The molecule has 1 aromatic carbocycles. The average molecular weight is 338 g/mol. The van der Waals surface area contributed by atoms with Gasteiger partial charge in [-0.2, -0.15) is 0 Å². The van der Waals surface area contributed by atoms with Crippen molar-refractivity contribution in [3.8, 4) is 0 Å². The maximum absolute atomic E-state index is 9.55. The van der Waals surface area contributed by atoms with E-state index < -0.39 is 0 Å². The molecule has 2 rings (SSSR count). The van der Waals surface area contributed by atoms with E-state index >= 15 is 0 Å². The third kappa shape index (κ3) is 5.10. The minimum absolute atomic E-state index is 0.273. The van der Waals surface area contributed by atoms with Crippen molar-refractivity contribution in [3.63, 3.8) is 0 Å². The van der Waals surface area contributed by atoms with E-state index in [2.05, 4.69) is 62.7 Å². The highest BCUT2D eigenvalue weighted by molar-refractivity contribution is 5.49. The number of anilines is 1. The fourth-order valence-electron chi connectivity index (χ4n) is 3.23. The van der Waals surface area contributed by atoms with Gasteiger partial charge in [-0.25, -0.2) is 0 Å². The Labute approximate surface area is 151 Å². The van der Waals surface area contributed by atoms with E-state index in [1.165, 1.54) is 11.1 Å². The molecule has 134 valence electrons. The first kappa shape index (κ1) is 19.1. The van der Waals surface area contributed by atoms with Crippen LogP contribution in [0, 0.1) is 5.92 Å². The number of nitrogens with one attached hydrogen (secondary N) is 1. The van der Waals surface area contributed by atoms with E-state index in [0.717, 1.165) is 36.2 Å². The van der Waals surface area contributed by atoms with Crippen LogP contribution in [0.1, 0.15) is 51.5 Å². The van der Waals surface area contributed by atoms with Crippen LogP contribution in [-0.2, 0) is 0 Å². The van der Waals surface area contributed by atoms with E-state index in [-0.39, 0.29) is 5.92 Å². The maximum Gasteiger partial charge on any atom is 0.0631 e. The number of allylic oxidation sites excluding steroid dienone is 6. The van der Waals surface area contributed by atoms with Gasteiger partial charge in [-0.1, -0.05) is 57.2 Å². The van der Waals surface area contributed by atoms with E-state index in [4.69, 9.17) is 5.73 Å². The van der Waals surface area contributed by atoms with Gasteiger partial charge >= 0.3 is 0 Å². The lowest BCUT2D eigenvalue weighted by atomic mass is 9.85. The Bertz CT molecular complexity index is 698. The minimum atomic E-state index is 0.273. The topological polar surface area (TPSA) is 58.3 Å². The molecule has 0 saturated heterocycles. The van der Waals surface area contributed by atoms with Crippen LogP contribution in [0.5, 0.6) is 0 Å². The van der Waals surface area contributed by atoms with Crippen LogP contribution >= 0.6 is 0 Å². The molecule has 2 unspecified atom stereocenters. The molecule has 0 aromatic heterocycles. The predicted molar refractivity (Wildman–Crippen MR) is 106 cm³/mol. The molecule has 2 atom stereocenters. The first-order chi connectivity index (χ1) is 12.1. The fourth-order valence-corrected chi connectivity index (χ4v) is 3.23. The van der Waals surface area contributed by atoms with Gasteiger partial charge in [0, 0.05) is 11.6 Å². The summed E-state index contributed by atoms with van der Waals surface area (Å²) in [5, 5.41) is 9.55. The second-order valence-corrected chi connectivity index (χ2v) is 6.64. The van der Waals surface area contributed by atoms with E-state index in [9.17, 15) is 5.21 Å². The summed E-state index contributed by atoms with van der Waals surface area (Å²) in [5.74, 6) is 0.730. The lowest BCUT2D eigenvalue weighted by Crippen LogP contribution is -2.11. The number of hydrogen-bond donors (Lipinski definition) is 3. The highest BCUT2D eigenvalue weighted by atomic mass is 16.5. The van der Waals surface area contributed by atoms with Crippen molar-refractivity contribution in [1.82, 2.24) is 5.48 Å². The summed E-state index contributed by atoms with van der Waals surface area (Å²) in [7, 11) is 0. The van der Waals surface area contributed by atoms with Gasteiger partial charge in [0.2, 0.25) is 0 Å². The quantitative estimate of drug-likeness (QED) is 0.475. The first-order valence-corrected chi connectivity index (χ1v) is 9.15. The van der Waals surface area contributed by atoms with Crippen molar-refractivity contribution in [3.05, 3.63) is 77.1 Å². The van der Waals surface area contributed by atoms with Crippen molar-refractivity contribution in [2.24, 2.45) is 5.92 Å². The Hall–Kier alpha value is -2.26. The molecule has 0 aliphatic heterocycles. The Balaban J connectivity index is 2.49. The molecule has 4 N–H and O–H groups in total. The van der Waals surface area contributed by atoms with Crippen molar-refractivity contribution < 1.29 is 5.21 Å². The minimum Gasteiger partial charge on any atom is -0.399 e. The van der Waals surface area contributed by atoms with Crippen LogP contribution in [-0.4, -0.2) is 5.21 Å². The summed E-state index contributed by atoms with van der Waals surface area (Å²) in [6, 6.07) is 8.13. The lowest BCUT2D eigenvalue weighted by molar-refractivity contribution is 0.203. The average Bonchev–Trinajstić information content (AvgIpc) is 2.59. The first-order valence-electron chi connectivity index (χ1n) is 9.15. The number of nitrogen functional groups attached to an aromatic ring is 1. The van der Waals surface area contributed by atoms with Gasteiger partial charge in [0.25, 0.3) is 0 Å². The van der Waals surface area contributed by atoms with Gasteiger partial charge in [0.05, 0.1) is 5.70 Å². The Morgan fingerprint density at radius 3 is 2.84 bits per heavy atom. The molecule has 0 heterocycles. The summed E-state index contributed by atoms with van der Waals surface area (Å²) in [6.07, 6.45) is 13.7. The predicted octanol–water partition coefficient (Wildman–Crippen LogP) is 5.48.